The van der Waals surface area contributed by atoms with Crippen LogP contribution < -0.4 is 0 Å². The van der Waals surface area contributed by atoms with Crippen LogP contribution in [-0.2, 0) is 4.84 Å². The van der Waals surface area contributed by atoms with Crippen molar-refractivity contribution in [3.8, 4) is 0 Å². The molecule has 0 spiro atoms. The summed E-state index contributed by atoms with van der Waals surface area (Å²) in [6.45, 7) is 5.07. The van der Waals surface area contributed by atoms with Crippen LogP contribution in [0, 0.1) is 10.1 Å². The molecule has 0 N–H and O–H groups in total. The lowest BCUT2D eigenvalue weighted by atomic mass is 9.94. The standard InChI is InChI=1S/C16H13ClN2O5/c1-16(2,3)24-18-14(20)9-4-5-12(17)10-6-8(19(22)23)7-11(13(9)10)15(18)21/h4-7H,1-3H3. The molecular formula is C16H13ClN2O5. The third-order valence-corrected chi connectivity index (χ3v) is 3.78. The van der Waals surface area contributed by atoms with Crippen LogP contribution in [-0.4, -0.2) is 27.4 Å². The summed E-state index contributed by atoms with van der Waals surface area (Å²) in [5, 5.41) is 12.6. The van der Waals surface area contributed by atoms with Crippen molar-refractivity contribution in [3.63, 3.8) is 0 Å². The first kappa shape index (κ1) is 16.4. The monoisotopic (exact) mass is 348 g/mol. The highest BCUT2D eigenvalue weighted by molar-refractivity contribution is 6.38. The molecule has 1 aliphatic heterocycles. The van der Waals surface area contributed by atoms with Crippen molar-refractivity contribution in [2.45, 2.75) is 26.4 Å². The Kier molecular flexibility index (Phi) is 3.58. The molecule has 0 saturated carbocycles. The molecular weight excluding hydrogens is 336 g/mol. The van der Waals surface area contributed by atoms with Gasteiger partial charge >= 0.3 is 0 Å². The number of amides is 2. The average molecular weight is 349 g/mol. The molecule has 1 aliphatic rings. The summed E-state index contributed by atoms with van der Waals surface area (Å²) in [5.41, 5.74) is -0.853. The van der Waals surface area contributed by atoms with Crippen molar-refractivity contribution in [3.05, 3.63) is 50.5 Å². The van der Waals surface area contributed by atoms with E-state index in [1.165, 1.54) is 18.2 Å². The highest BCUT2D eigenvalue weighted by Crippen LogP contribution is 2.37. The number of hydrogen-bond acceptors (Lipinski definition) is 5. The Morgan fingerprint density at radius 2 is 1.75 bits per heavy atom. The number of rotatable bonds is 2. The number of benzene rings is 2. The summed E-state index contributed by atoms with van der Waals surface area (Å²) < 4.78 is 0. The Morgan fingerprint density at radius 3 is 2.33 bits per heavy atom. The minimum absolute atomic E-state index is 0.0144. The molecule has 2 aromatic carbocycles. The fourth-order valence-corrected chi connectivity index (χ4v) is 2.77. The average Bonchev–Trinajstić information content (AvgIpc) is 2.49. The van der Waals surface area contributed by atoms with Gasteiger partial charge in [0.2, 0.25) is 0 Å². The number of carbonyl (C=O) groups is 2. The summed E-state index contributed by atoms with van der Waals surface area (Å²) in [5.74, 6) is -1.38. The number of nitro groups is 1. The molecule has 0 bridgehead atoms. The Hall–Kier alpha value is -2.51. The molecule has 0 aliphatic carbocycles. The molecule has 7 nitrogen and oxygen atoms in total. The summed E-state index contributed by atoms with van der Waals surface area (Å²) >= 11 is 6.11. The van der Waals surface area contributed by atoms with Gasteiger partial charge in [-0.25, -0.2) is 0 Å². The zero-order valence-corrected chi connectivity index (χ0v) is 13.9. The van der Waals surface area contributed by atoms with Gasteiger partial charge in [-0.3, -0.25) is 24.5 Å². The first-order chi connectivity index (χ1) is 11.1. The Balaban J connectivity index is 2.32. The van der Waals surface area contributed by atoms with Gasteiger partial charge in [0, 0.05) is 27.9 Å². The summed E-state index contributed by atoms with van der Waals surface area (Å²) in [6.07, 6.45) is 0. The zero-order chi connectivity index (χ0) is 17.8. The van der Waals surface area contributed by atoms with E-state index in [2.05, 4.69) is 0 Å². The van der Waals surface area contributed by atoms with Crippen LogP contribution in [0.2, 0.25) is 5.02 Å². The Bertz CT molecular complexity index is 917. The van der Waals surface area contributed by atoms with Crippen LogP contribution in [0.25, 0.3) is 10.8 Å². The maximum absolute atomic E-state index is 12.7. The van der Waals surface area contributed by atoms with E-state index in [9.17, 15) is 19.7 Å². The SMILES string of the molecule is CC(C)(C)ON1C(=O)c2ccc(Cl)c3cc([N+](=O)[O-])cc(c23)C1=O. The van der Waals surface area contributed by atoms with Gasteiger partial charge in [-0.05, 0) is 32.9 Å². The van der Waals surface area contributed by atoms with Gasteiger partial charge in [0.1, 0.15) is 0 Å². The van der Waals surface area contributed by atoms with E-state index < -0.39 is 22.3 Å². The van der Waals surface area contributed by atoms with Gasteiger partial charge in [-0.15, -0.1) is 5.06 Å². The predicted molar refractivity (Wildman–Crippen MR) is 87.0 cm³/mol. The number of imide groups is 1. The number of nitro benzene ring substituents is 1. The maximum atomic E-state index is 12.7. The lowest BCUT2D eigenvalue weighted by molar-refractivity contribution is -0.384. The molecule has 0 aromatic heterocycles. The van der Waals surface area contributed by atoms with Crippen LogP contribution in [0.15, 0.2) is 24.3 Å². The molecule has 0 atom stereocenters. The molecule has 0 saturated heterocycles. The quantitative estimate of drug-likeness (QED) is 0.468. The molecule has 0 unspecified atom stereocenters. The van der Waals surface area contributed by atoms with E-state index in [1.54, 1.807) is 20.8 Å². The smallest absolute Gasteiger partial charge is 0.266 e. The Morgan fingerprint density at radius 1 is 1.12 bits per heavy atom. The van der Waals surface area contributed by atoms with Gasteiger partial charge in [0.15, 0.2) is 0 Å². The second kappa shape index (κ2) is 5.25. The molecule has 2 amide bonds. The number of nitrogens with zero attached hydrogens (tertiary/aromatic N) is 2. The van der Waals surface area contributed by atoms with Crippen LogP contribution in [0.3, 0.4) is 0 Å². The largest absolute Gasteiger partial charge is 0.286 e. The van der Waals surface area contributed by atoms with Crippen molar-refractivity contribution in [1.82, 2.24) is 5.06 Å². The lowest BCUT2D eigenvalue weighted by Gasteiger charge is -2.31. The third-order valence-electron chi connectivity index (χ3n) is 3.45. The van der Waals surface area contributed by atoms with E-state index in [0.717, 1.165) is 6.07 Å². The topological polar surface area (TPSA) is 89.8 Å². The van der Waals surface area contributed by atoms with E-state index >= 15 is 0 Å². The maximum Gasteiger partial charge on any atom is 0.286 e. The number of halogens is 1. The highest BCUT2D eigenvalue weighted by atomic mass is 35.5. The zero-order valence-electron chi connectivity index (χ0n) is 13.1. The number of hydrogen-bond donors (Lipinski definition) is 0. The minimum atomic E-state index is -0.797. The first-order valence-corrected chi connectivity index (χ1v) is 7.46. The van der Waals surface area contributed by atoms with Gasteiger partial charge in [-0.1, -0.05) is 11.6 Å². The molecule has 8 heteroatoms. The number of carbonyl (C=O) groups excluding carboxylic acids is 2. The van der Waals surface area contributed by atoms with Crippen molar-refractivity contribution < 1.29 is 19.3 Å². The van der Waals surface area contributed by atoms with Gasteiger partial charge in [0.25, 0.3) is 17.5 Å². The number of non-ortho nitro benzene ring substituents is 1. The van der Waals surface area contributed by atoms with Crippen LogP contribution in [0.4, 0.5) is 5.69 Å². The lowest BCUT2D eigenvalue weighted by Crippen LogP contribution is -2.44. The van der Waals surface area contributed by atoms with Crippen LogP contribution in [0.1, 0.15) is 41.5 Å². The third kappa shape index (κ3) is 2.51. The second-order valence-corrected chi connectivity index (χ2v) is 6.78. The highest BCUT2D eigenvalue weighted by Gasteiger charge is 2.38. The minimum Gasteiger partial charge on any atom is -0.266 e. The summed E-state index contributed by atoms with van der Waals surface area (Å²) in [6, 6.07) is 5.34. The van der Waals surface area contributed by atoms with Gasteiger partial charge < -0.3 is 0 Å². The van der Waals surface area contributed by atoms with Crippen molar-refractivity contribution in [1.29, 1.82) is 0 Å². The second-order valence-electron chi connectivity index (χ2n) is 6.38. The van der Waals surface area contributed by atoms with E-state index in [-0.39, 0.29) is 27.2 Å². The van der Waals surface area contributed by atoms with Gasteiger partial charge in [-0.2, -0.15) is 0 Å². The molecule has 3 rings (SSSR count). The summed E-state index contributed by atoms with van der Waals surface area (Å²) in [4.78, 5) is 41.3. The normalized spacial score (nSPS) is 14.4. The molecule has 24 heavy (non-hydrogen) atoms. The fourth-order valence-electron chi connectivity index (χ4n) is 2.56. The van der Waals surface area contributed by atoms with Crippen molar-refractivity contribution in [2.24, 2.45) is 0 Å². The van der Waals surface area contributed by atoms with Crippen molar-refractivity contribution in [2.75, 3.05) is 0 Å². The molecule has 0 fully saturated rings. The predicted octanol–water partition coefficient (Wildman–Crippen LogP) is 3.73. The molecule has 124 valence electrons. The first-order valence-electron chi connectivity index (χ1n) is 7.09. The molecule has 2 aromatic rings. The van der Waals surface area contributed by atoms with Crippen LogP contribution >= 0.6 is 11.6 Å². The van der Waals surface area contributed by atoms with Gasteiger partial charge in [0.05, 0.1) is 21.7 Å². The van der Waals surface area contributed by atoms with E-state index in [1.807, 2.05) is 0 Å². The summed E-state index contributed by atoms with van der Waals surface area (Å²) in [7, 11) is 0. The van der Waals surface area contributed by atoms with E-state index in [0.29, 0.717) is 10.4 Å². The number of hydroxylamine groups is 2. The van der Waals surface area contributed by atoms with E-state index in [4.69, 9.17) is 16.4 Å². The fraction of sp³-hybridized carbons (Fsp3) is 0.250. The van der Waals surface area contributed by atoms with Crippen molar-refractivity contribution >= 4 is 39.9 Å². The van der Waals surface area contributed by atoms with Crippen LogP contribution in [0.5, 0.6) is 0 Å². The Labute approximate surface area is 141 Å². The molecule has 0 radical (unpaired) electrons. The molecule has 1 heterocycles.